The molecule has 116 valence electrons. The van der Waals surface area contributed by atoms with E-state index in [4.69, 9.17) is 10.8 Å². The van der Waals surface area contributed by atoms with Gasteiger partial charge in [-0.2, -0.15) is 0 Å². The molecule has 2 rings (SSSR count). The number of rotatable bonds is 5. The molecule has 1 aliphatic rings. The molecule has 1 aromatic rings. The summed E-state index contributed by atoms with van der Waals surface area (Å²) in [6, 6.07) is 6.20. The molecular weight excluding hydrogens is 270 g/mol. The number of nitrogens with zero attached hydrogens (tertiary/aromatic N) is 2. The number of β-amino-alcohol motifs (C(OH)–C–C–N with tert-alkyl or cyclic N) is 1. The van der Waals surface area contributed by atoms with Gasteiger partial charge in [0.2, 0.25) is 5.91 Å². The molecule has 0 aliphatic carbocycles. The molecule has 0 radical (unpaired) electrons. The van der Waals surface area contributed by atoms with Crippen molar-refractivity contribution < 1.29 is 15.0 Å². The Labute approximate surface area is 124 Å². The number of carbonyl (C=O) groups is 1. The van der Waals surface area contributed by atoms with E-state index in [0.29, 0.717) is 26.1 Å². The summed E-state index contributed by atoms with van der Waals surface area (Å²) in [5, 5.41) is 18.1. The van der Waals surface area contributed by atoms with Crippen LogP contribution in [-0.2, 0) is 11.2 Å². The second kappa shape index (κ2) is 7.40. The van der Waals surface area contributed by atoms with Crippen LogP contribution in [0.2, 0.25) is 0 Å². The van der Waals surface area contributed by atoms with Crippen molar-refractivity contribution in [1.82, 2.24) is 9.80 Å². The summed E-state index contributed by atoms with van der Waals surface area (Å²) in [6.07, 6.45) is 0.468. The zero-order valence-corrected chi connectivity index (χ0v) is 12.1. The summed E-state index contributed by atoms with van der Waals surface area (Å²) in [5.41, 5.74) is 6.94. The minimum absolute atomic E-state index is 0.0354. The normalized spacial score (nSPS) is 17.7. The third-order valence-corrected chi connectivity index (χ3v) is 3.81. The fourth-order valence-corrected chi connectivity index (χ4v) is 2.54. The molecule has 1 saturated heterocycles. The van der Waals surface area contributed by atoms with Gasteiger partial charge in [0.1, 0.15) is 5.75 Å². The van der Waals surface area contributed by atoms with Crippen LogP contribution in [0.5, 0.6) is 5.75 Å². The van der Waals surface area contributed by atoms with Gasteiger partial charge in [0, 0.05) is 32.7 Å². The van der Waals surface area contributed by atoms with E-state index < -0.39 is 6.04 Å². The zero-order valence-electron chi connectivity index (χ0n) is 12.1. The number of phenols is 1. The van der Waals surface area contributed by atoms with Crippen molar-refractivity contribution in [3.63, 3.8) is 0 Å². The lowest BCUT2D eigenvalue weighted by Gasteiger charge is -2.35. The lowest BCUT2D eigenvalue weighted by molar-refractivity contribution is -0.134. The van der Waals surface area contributed by atoms with Crippen molar-refractivity contribution in [2.45, 2.75) is 12.5 Å². The van der Waals surface area contributed by atoms with Gasteiger partial charge in [0.25, 0.3) is 0 Å². The lowest BCUT2D eigenvalue weighted by atomic mass is 10.1. The van der Waals surface area contributed by atoms with Crippen molar-refractivity contribution in [3.8, 4) is 5.75 Å². The van der Waals surface area contributed by atoms with Crippen LogP contribution in [0.25, 0.3) is 0 Å². The monoisotopic (exact) mass is 293 g/mol. The number of carbonyl (C=O) groups excluding carboxylic acids is 1. The predicted octanol–water partition coefficient (Wildman–Crippen LogP) is -0.601. The van der Waals surface area contributed by atoms with Crippen molar-refractivity contribution in [3.05, 3.63) is 29.8 Å². The van der Waals surface area contributed by atoms with E-state index in [9.17, 15) is 9.90 Å². The first-order chi connectivity index (χ1) is 10.1. The number of aromatic hydroxyl groups is 1. The van der Waals surface area contributed by atoms with E-state index in [1.165, 1.54) is 0 Å². The number of piperazine rings is 1. The van der Waals surface area contributed by atoms with Gasteiger partial charge < -0.3 is 20.8 Å². The second-order valence-electron chi connectivity index (χ2n) is 5.37. The lowest BCUT2D eigenvalue weighted by Crippen LogP contribution is -2.53. The topological polar surface area (TPSA) is 90.0 Å². The Morgan fingerprint density at radius 1 is 1.19 bits per heavy atom. The Kier molecular flexibility index (Phi) is 5.55. The summed E-state index contributed by atoms with van der Waals surface area (Å²) < 4.78 is 0. The van der Waals surface area contributed by atoms with Crippen LogP contribution >= 0.6 is 0 Å². The second-order valence-corrected chi connectivity index (χ2v) is 5.37. The highest BCUT2D eigenvalue weighted by atomic mass is 16.3. The third kappa shape index (κ3) is 4.42. The maximum Gasteiger partial charge on any atom is 0.239 e. The molecule has 0 bridgehead atoms. The maximum absolute atomic E-state index is 12.3. The molecule has 21 heavy (non-hydrogen) atoms. The minimum Gasteiger partial charge on any atom is -0.508 e. The number of nitrogens with two attached hydrogens (primary N) is 1. The van der Waals surface area contributed by atoms with Gasteiger partial charge in [0.05, 0.1) is 12.6 Å². The number of amides is 1. The number of aliphatic hydroxyl groups excluding tert-OH is 1. The molecule has 1 fully saturated rings. The molecule has 6 nitrogen and oxygen atoms in total. The molecule has 1 heterocycles. The zero-order chi connectivity index (χ0) is 15.2. The first kappa shape index (κ1) is 15.8. The van der Waals surface area contributed by atoms with Crippen LogP contribution in [0.1, 0.15) is 5.56 Å². The van der Waals surface area contributed by atoms with E-state index in [2.05, 4.69) is 4.90 Å². The van der Waals surface area contributed by atoms with Gasteiger partial charge in [-0.3, -0.25) is 9.69 Å². The van der Waals surface area contributed by atoms with Gasteiger partial charge in [0.15, 0.2) is 0 Å². The number of benzene rings is 1. The molecule has 6 heteroatoms. The highest BCUT2D eigenvalue weighted by Crippen LogP contribution is 2.12. The van der Waals surface area contributed by atoms with Gasteiger partial charge >= 0.3 is 0 Å². The summed E-state index contributed by atoms with van der Waals surface area (Å²) in [7, 11) is 0. The molecule has 1 amide bonds. The van der Waals surface area contributed by atoms with E-state index in [1.54, 1.807) is 29.2 Å². The molecule has 1 aromatic carbocycles. The minimum atomic E-state index is -0.557. The van der Waals surface area contributed by atoms with Crippen LogP contribution in [-0.4, -0.2) is 71.3 Å². The summed E-state index contributed by atoms with van der Waals surface area (Å²) in [4.78, 5) is 16.2. The van der Waals surface area contributed by atoms with Crippen LogP contribution in [0.15, 0.2) is 24.3 Å². The number of aliphatic hydroxyl groups is 1. The Morgan fingerprint density at radius 2 is 1.81 bits per heavy atom. The van der Waals surface area contributed by atoms with Crippen molar-refractivity contribution in [1.29, 1.82) is 0 Å². The average molecular weight is 293 g/mol. The largest absolute Gasteiger partial charge is 0.508 e. The van der Waals surface area contributed by atoms with E-state index in [1.807, 2.05) is 0 Å². The summed E-state index contributed by atoms with van der Waals surface area (Å²) in [6.45, 7) is 3.66. The first-order valence-electron chi connectivity index (χ1n) is 7.25. The molecule has 1 atom stereocenters. The van der Waals surface area contributed by atoms with Gasteiger partial charge in [-0.15, -0.1) is 0 Å². The molecule has 4 N–H and O–H groups in total. The molecule has 1 aliphatic heterocycles. The maximum atomic E-state index is 12.3. The molecular formula is C15H23N3O3. The highest BCUT2D eigenvalue weighted by Gasteiger charge is 2.25. The standard InChI is InChI=1S/C15H23N3O3/c16-14(11-12-1-3-13(20)4-2-12)15(21)18-7-5-17(6-8-18)9-10-19/h1-4,14,19-20H,5-11,16H2/t14-/m0/s1. The molecule has 0 unspecified atom stereocenters. The first-order valence-corrected chi connectivity index (χ1v) is 7.25. The third-order valence-electron chi connectivity index (χ3n) is 3.81. The van der Waals surface area contributed by atoms with Crippen LogP contribution in [0, 0.1) is 0 Å². The number of phenolic OH excluding ortho intramolecular Hbond substituents is 1. The Hall–Kier alpha value is -1.63. The van der Waals surface area contributed by atoms with Gasteiger partial charge in [-0.1, -0.05) is 12.1 Å². The van der Waals surface area contributed by atoms with Crippen molar-refractivity contribution in [2.24, 2.45) is 5.73 Å². The highest BCUT2D eigenvalue weighted by molar-refractivity contribution is 5.82. The van der Waals surface area contributed by atoms with Crippen LogP contribution < -0.4 is 5.73 Å². The van der Waals surface area contributed by atoms with Gasteiger partial charge in [-0.05, 0) is 24.1 Å². The van der Waals surface area contributed by atoms with Crippen LogP contribution in [0.3, 0.4) is 0 Å². The quantitative estimate of drug-likeness (QED) is 0.674. The fraction of sp³-hybridized carbons (Fsp3) is 0.533. The molecule has 0 saturated carbocycles. The Balaban J connectivity index is 1.84. The number of hydrogen-bond acceptors (Lipinski definition) is 5. The van der Waals surface area contributed by atoms with Crippen molar-refractivity contribution in [2.75, 3.05) is 39.3 Å². The van der Waals surface area contributed by atoms with E-state index in [-0.39, 0.29) is 18.3 Å². The smallest absolute Gasteiger partial charge is 0.239 e. The fourth-order valence-electron chi connectivity index (χ4n) is 2.54. The SMILES string of the molecule is N[C@@H](Cc1ccc(O)cc1)C(=O)N1CCN(CCO)CC1. The predicted molar refractivity (Wildman–Crippen MR) is 79.9 cm³/mol. The Bertz CT molecular complexity index is 456. The summed E-state index contributed by atoms with van der Waals surface area (Å²) >= 11 is 0. The molecule has 0 spiro atoms. The molecule has 0 aromatic heterocycles. The van der Waals surface area contributed by atoms with Crippen LogP contribution in [0.4, 0.5) is 0 Å². The van der Waals surface area contributed by atoms with Gasteiger partial charge in [-0.25, -0.2) is 0 Å². The van der Waals surface area contributed by atoms with E-state index >= 15 is 0 Å². The van der Waals surface area contributed by atoms with E-state index in [0.717, 1.165) is 18.7 Å². The Morgan fingerprint density at radius 3 is 2.38 bits per heavy atom. The van der Waals surface area contributed by atoms with Crippen molar-refractivity contribution >= 4 is 5.91 Å². The number of hydrogen-bond donors (Lipinski definition) is 3. The summed E-state index contributed by atoms with van der Waals surface area (Å²) in [5.74, 6) is 0.172. The average Bonchev–Trinajstić information content (AvgIpc) is 2.50.